The molecule has 3 aromatic carbocycles. The highest BCUT2D eigenvalue weighted by atomic mass is 35.5. The average molecular weight is 625 g/mol. The van der Waals surface area contributed by atoms with Crippen LogP contribution in [-0.2, 0) is 26.2 Å². The zero-order chi connectivity index (χ0) is 30.7. The molecule has 4 rings (SSSR count). The minimum absolute atomic E-state index is 0.0446. The highest BCUT2D eigenvalue weighted by Gasteiger charge is 2.29. The molecule has 0 saturated heterocycles. The largest absolute Gasteiger partial charge is 0.492 e. The van der Waals surface area contributed by atoms with Gasteiger partial charge in [-0.3, -0.25) is 13.9 Å². The summed E-state index contributed by atoms with van der Waals surface area (Å²) in [6.45, 7) is 1.59. The number of ether oxygens (including phenoxy) is 2. The molecule has 0 radical (unpaired) electrons. The van der Waals surface area contributed by atoms with Gasteiger partial charge in [-0.15, -0.1) is 0 Å². The molecule has 0 spiro atoms. The number of halogens is 1. The van der Waals surface area contributed by atoms with E-state index in [1.807, 2.05) is 0 Å². The van der Waals surface area contributed by atoms with Crippen molar-refractivity contribution in [3.05, 3.63) is 108 Å². The average Bonchev–Trinajstić information content (AvgIpc) is 3.53. The van der Waals surface area contributed by atoms with Crippen molar-refractivity contribution in [2.24, 2.45) is 5.10 Å². The van der Waals surface area contributed by atoms with E-state index >= 15 is 0 Å². The number of hydrogen-bond acceptors (Lipinski definition) is 8. The number of carbonyl (C=O) groups is 2. The molecular weight excluding hydrogens is 596 g/mol. The lowest BCUT2D eigenvalue weighted by Gasteiger charge is -2.25. The number of hydrazone groups is 1. The van der Waals surface area contributed by atoms with Crippen LogP contribution in [0, 0.1) is 0 Å². The molecule has 1 aromatic heterocycles. The molecule has 0 atom stereocenters. The second-order valence-corrected chi connectivity index (χ2v) is 11.2. The fourth-order valence-electron chi connectivity index (χ4n) is 3.77. The Labute approximate surface area is 254 Å². The topological polar surface area (TPSA) is 140 Å². The van der Waals surface area contributed by atoms with Crippen molar-refractivity contribution in [3.63, 3.8) is 0 Å². The molecule has 11 nitrogen and oxygen atoms in total. The maximum absolute atomic E-state index is 13.6. The number of para-hydroxylation sites is 2. The molecular formula is C30H29ClN4O7S. The van der Waals surface area contributed by atoms with Crippen molar-refractivity contribution in [2.75, 3.05) is 24.1 Å². The molecule has 2 amide bonds. The number of hydrogen-bond donors (Lipinski definition) is 2. The van der Waals surface area contributed by atoms with E-state index in [1.54, 1.807) is 67.6 Å². The van der Waals surface area contributed by atoms with E-state index in [4.69, 9.17) is 25.5 Å². The standard InChI is InChI=1S/C30H29ClN4O7S/c1-2-40-28-8-4-3-7-27(28)35(43(38,39)26-15-11-23(31)12-16-26)20-29(36)34-33-18-22-9-13-24(14-10-22)42-21-30(37)32-19-25-6-5-17-41-25/h3-18H,2,19-21H2,1H3,(H,32,37)(H,34,36)/b33-18-. The Hall–Kier alpha value is -4.81. The molecule has 4 aromatic rings. The Morgan fingerprint density at radius 1 is 0.953 bits per heavy atom. The van der Waals surface area contributed by atoms with E-state index in [0.29, 0.717) is 34.5 Å². The van der Waals surface area contributed by atoms with Crippen LogP contribution in [0.1, 0.15) is 18.2 Å². The van der Waals surface area contributed by atoms with Crippen LogP contribution >= 0.6 is 11.6 Å². The predicted molar refractivity (Wildman–Crippen MR) is 162 cm³/mol. The SMILES string of the molecule is CCOc1ccccc1N(CC(=O)N/N=C\c1ccc(OCC(=O)NCc2ccco2)cc1)S(=O)(=O)c1ccc(Cl)cc1. The summed E-state index contributed by atoms with van der Waals surface area (Å²) in [5.74, 6) is 0.415. The van der Waals surface area contributed by atoms with Crippen molar-refractivity contribution >= 4 is 45.3 Å². The number of furan rings is 1. The summed E-state index contributed by atoms with van der Waals surface area (Å²) in [5, 5.41) is 7.02. The molecule has 0 aliphatic carbocycles. The van der Waals surface area contributed by atoms with Gasteiger partial charge in [0.05, 0.1) is 36.2 Å². The molecule has 0 unspecified atom stereocenters. The fourth-order valence-corrected chi connectivity index (χ4v) is 5.33. The van der Waals surface area contributed by atoms with E-state index in [1.165, 1.54) is 36.7 Å². The number of amides is 2. The van der Waals surface area contributed by atoms with Crippen molar-refractivity contribution < 1.29 is 31.9 Å². The fraction of sp³-hybridized carbons (Fsp3) is 0.167. The summed E-state index contributed by atoms with van der Waals surface area (Å²) in [5.41, 5.74) is 3.19. The van der Waals surface area contributed by atoms with Gasteiger partial charge in [0, 0.05) is 5.02 Å². The van der Waals surface area contributed by atoms with Gasteiger partial charge < -0.3 is 19.2 Å². The Balaban J connectivity index is 1.38. The summed E-state index contributed by atoms with van der Waals surface area (Å²) in [6, 6.07) is 22.3. The summed E-state index contributed by atoms with van der Waals surface area (Å²) in [6.07, 6.45) is 2.92. The van der Waals surface area contributed by atoms with Gasteiger partial charge in [0.1, 0.15) is 23.8 Å². The first kappa shape index (κ1) is 31.1. The van der Waals surface area contributed by atoms with Crippen molar-refractivity contribution in [2.45, 2.75) is 18.4 Å². The highest BCUT2D eigenvalue weighted by Crippen LogP contribution is 2.32. The predicted octanol–water partition coefficient (Wildman–Crippen LogP) is 4.37. The van der Waals surface area contributed by atoms with Gasteiger partial charge in [-0.25, -0.2) is 13.8 Å². The van der Waals surface area contributed by atoms with Crippen LogP contribution in [0.2, 0.25) is 5.02 Å². The molecule has 43 heavy (non-hydrogen) atoms. The minimum atomic E-state index is -4.18. The lowest BCUT2D eigenvalue weighted by Crippen LogP contribution is -2.39. The number of sulfonamides is 1. The summed E-state index contributed by atoms with van der Waals surface area (Å²) < 4.78 is 44.5. The summed E-state index contributed by atoms with van der Waals surface area (Å²) in [7, 11) is -4.18. The first-order valence-electron chi connectivity index (χ1n) is 13.1. The van der Waals surface area contributed by atoms with Crippen molar-refractivity contribution in [3.8, 4) is 11.5 Å². The van der Waals surface area contributed by atoms with E-state index in [0.717, 1.165) is 4.31 Å². The van der Waals surface area contributed by atoms with Gasteiger partial charge in [-0.1, -0.05) is 23.7 Å². The number of nitrogens with one attached hydrogen (secondary N) is 2. The second-order valence-electron chi connectivity index (χ2n) is 8.87. The number of nitrogens with zero attached hydrogens (tertiary/aromatic N) is 2. The van der Waals surface area contributed by atoms with Crippen LogP contribution < -0.4 is 24.5 Å². The van der Waals surface area contributed by atoms with Gasteiger partial charge >= 0.3 is 0 Å². The van der Waals surface area contributed by atoms with E-state index in [9.17, 15) is 18.0 Å². The van der Waals surface area contributed by atoms with Crippen LogP contribution in [0.4, 0.5) is 5.69 Å². The smallest absolute Gasteiger partial charge is 0.264 e. The van der Waals surface area contributed by atoms with E-state index < -0.39 is 22.5 Å². The van der Waals surface area contributed by atoms with Crippen LogP contribution in [0.25, 0.3) is 0 Å². The maximum Gasteiger partial charge on any atom is 0.264 e. The monoisotopic (exact) mass is 624 g/mol. The third-order valence-corrected chi connectivity index (χ3v) is 7.84. The van der Waals surface area contributed by atoms with Crippen molar-refractivity contribution in [1.82, 2.24) is 10.7 Å². The lowest BCUT2D eigenvalue weighted by atomic mass is 10.2. The maximum atomic E-state index is 13.6. The first-order chi connectivity index (χ1) is 20.8. The van der Waals surface area contributed by atoms with Gasteiger partial charge in [-0.05, 0) is 85.3 Å². The van der Waals surface area contributed by atoms with Gasteiger partial charge in [0.25, 0.3) is 21.8 Å². The number of anilines is 1. The molecule has 0 saturated carbocycles. The van der Waals surface area contributed by atoms with Crippen LogP contribution in [0.5, 0.6) is 11.5 Å². The summed E-state index contributed by atoms with van der Waals surface area (Å²) >= 11 is 5.95. The summed E-state index contributed by atoms with van der Waals surface area (Å²) in [4.78, 5) is 24.8. The molecule has 224 valence electrons. The Morgan fingerprint density at radius 2 is 1.70 bits per heavy atom. The third kappa shape index (κ3) is 8.84. The van der Waals surface area contributed by atoms with E-state index in [-0.39, 0.29) is 29.6 Å². The van der Waals surface area contributed by atoms with Crippen LogP contribution in [0.15, 0.2) is 106 Å². The van der Waals surface area contributed by atoms with Gasteiger partial charge in [-0.2, -0.15) is 5.10 Å². The highest BCUT2D eigenvalue weighted by molar-refractivity contribution is 7.92. The Morgan fingerprint density at radius 3 is 2.40 bits per heavy atom. The van der Waals surface area contributed by atoms with Gasteiger partial charge in [0.15, 0.2) is 6.61 Å². The zero-order valence-electron chi connectivity index (χ0n) is 23.1. The van der Waals surface area contributed by atoms with Crippen LogP contribution in [-0.4, -0.2) is 46.2 Å². The molecule has 0 bridgehead atoms. The molecule has 2 N–H and O–H groups in total. The minimum Gasteiger partial charge on any atom is -0.492 e. The number of benzene rings is 3. The van der Waals surface area contributed by atoms with Crippen molar-refractivity contribution in [1.29, 1.82) is 0 Å². The molecule has 1 heterocycles. The Kier molecular flexibility index (Phi) is 10.8. The Bertz CT molecular complexity index is 1640. The number of carbonyl (C=O) groups excluding carboxylic acids is 2. The molecule has 0 fully saturated rings. The van der Waals surface area contributed by atoms with E-state index in [2.05, 4.69) is 15.8 Å². The van der Waals surface area contributed by atoms with Gasteiger partial charge in [0.2, 0.25) is 0 Å². The molecule has 0 aliphatic rings. The zero-order valence-corrected chi connectivity index (χ0v) is 24.7. The lowest BCUT2D eigenvalue weighted by molar-refractivity contribution is -0.123. The second kappa shape index (κ2) is 14.9. The third-order valence-electron chi connectivity index (χ3n) is 5.82. The first-order valence-corrected chi connectivity index (χ1v) is 14.9. The van der Waals surface area contributed by atoms with Crippen LogP contribution in [0.3, 0.4) is 0 Å². The quantitative estimate of drug-likeness (QED) is 0.157. The molecule has 13 heteroatoms. The number of rotatable bonds is 14. The normalized spacial score (nSPS) is 11.2. The molecule has 0 aliphatic heterocycles.